The monoisotopic (exact) mass is 339 g/mol. The van der Waals surface area contributed by atoms with Crippen LogP contribution in [0.25, 0.3) is 0 Å². The summed E-state index contributed by atoms with van der Waals surface area (Å²) >= 11 is 0. The number of nitrogens with one attached hydrogen (secondary N) is 1. The lowest BCUT2D eigenvalue weighted by atomic mass is 9.91. The Balaban J connectivity index is 1.60. The summed E-state index contributed by atoms with van der Waals surface area (Å²) < 4.78 is 5.36. The molecule has 0 bridgehead atoms. The van der Waals surface area contributed by atoms with E-state index in [1.807, 2.05) is 42.5 Å². The maximum atomic E-state index is 12.8. The first kappa shape index (κ1) is 17.6. The molecule has 132 valence electrons. The second kappa shape index (κ2) is 9.30. The molecule has 0 radical (unpaired) electrons. The first-order valence-corrected chi connectivity index (χ1v) is 8.84. The van der Waals surface area contributed by atoms with Gasteiger partial charge in [-0.15, -0.1) is 0 Å². The molecule has 5 heteroatoms. The number of morpholine rings is 1. The molecule has 1 aromatic carbocycles. The van der Waals surface area contributed by atoms with Crippen molar-refractivity contribution in [2.75, 3.05) is 39.4 Å². The Morgan fingerprint density at radius 3 is 2.56 bits per heavy atom. The fourth-order valence-corrected chi connectivity index (χ4v) is 3.09. The highest BCUT2D eigenvalue weighted by Crippen LogP contribution is 2.21. The van der Waals surface area contributed by atoms with Crippen molar-refractivity contribution in [1.82, 2.24) is 15.2 Å². The highest BCUT2D eigenvalue weighted by atomic mass is 16.5. The van der Waals surface area contributed by atoms with Gasteiger partial charge in [0.2, 0.25) is 5.91 Å². The number of pyridine rings is 1. The summed E-state index contributed by atoms with van der Waals surface area (Å²) in [6.45, 7) is 4.97. The van der Waals surface area contributed by atoms with Crippen LogP contribution in [0, 0.1) is 0 Å². The molecular formula is C20H25N3O2. The predicted molar refractivity (Wildman–Crippen MR) is 97.4 cm³/mol. The highest BCUT2D eigenvalue weighted by Gasteiger charge is 2.21. The van der Waals surface area contributed by atoms with Crippen LogP contribution in [-0.2, 0) is 16.0 Å². The predicted octanol–water partition coefficient (Wildman–Crippen LogP) is 1.86. The Morgan fingerprint density at radius 2 is 1.84 bits per heavy atom. The van der Waals surface area contributed by atoms with E-state index >= 15 is 0 Å². The molecule has 1 unspecified atom stereocenters. The molecule has 1 aromatic heterocycles. The van der Waals surface area contributed by atoms with Crippen LogP contribution in [0.1, 0.15) is 17.0 Å². The first-order valence-electron chi connectivity index (χ1n) is 8.84. The molecule has 0 saturated carbocycles. The van der Waals surface area contributed by atoms with Crippen molar-refractivity contribution >= 4 is 5.91 Å². The smallest absolute Gasteiger partial charge is 0.227 e. The van der Waals surface area contributed by atoms with Gasteiger partial charge in [0.25, 0.3) is 0 Å². The lowest BCUT2D eigenvalue weighted by Gasteiger charge is -2.27. The zero-order chi connectivity index (χ0) is 17.3. The maximum absolute atomic E-state index is 12.8. The average Bonchev–Trinajstić information content (AvgIpc) is 2.68. The van der Waals surface area contributed by atoms with Crippen LogP contribution in [0.15, 0.2) is 54.9 Å². The third kappa shape index (κ3) is 5.37. The van der Waals surface area contributed by atoms with Gasteiger partial charge in [0, 0.05) is 38.6 Å². The second-order valence-electron chi connectivity index (χ2n) is 6.27. The minimum absolute atomic E-state index is 0.0799. The van der Waals surface area contributed by atoms with E-state index in [4.69, 9.17) is 4.74 Å². The van der Waals surface area contributed by atoms with E-state index in [0.717, 1.165) is 44.0 Å². The Hall–Kier alpha value is -2.24. The standard InChI is InChI=1S/C20H25N3O2/c24-20(22-10-11-23-12-14-25-15-13-23)19(18-4-2-1-3-5-18)16-17-6-8-21-9-7-17/h1-9,19H,10-16H2,(H,22,24). The van der Waals surface area contributed by atoms with E-state index < -0.39 is 0 Å². The van der Waals surface area contributed by atoms with Crippen LogP contribution >= 0.6 is 0 Å². The number of hydrogen-bond donors (Lipinski definition) is 1. The lowest BCUT2D eigenvalue weighted by molar-refractivity contribution is -0.122. The normalized spacial score (nSPS) is 16.3. The summed E-state index contributed by atoms with van der Waals surface area (Å²) in [4.78, 5) is 19.2. The van der Waals surface area contributed by atoms with E-state index in [1.54, 1.807) is 12.4 Å². The van der Waals surface area contributed by atoms with Gasteiger partial charge in [-0.3, -0.25) is 14.7 Å². The number of hydrogen-bond acceptors (Lipinski definition) is 4. The number of amides is 1. The Bertz CT molecular complexity index is 643. The summed E-state index contributed by atoms with van der Waals surface area (Å²) in [5.74, 6) is -0.107. The molecule has 1 amide bonds. The van der Waals surface area contributed by atoms with Crippen molar-refractivity contribution in [3.63, 3.8) is 0 Å². The zero-order valence-electron chi connectivity index (χ0n) is 14.4. The third-order valence-corrected chi connectivity index (χ3v) is 4.54. The van der Waals surface area contributed by atoms with E-state index in [1.165, 1.54) is 0 Å². The van der Waals surface area contributed by atoms with Crippen LogP contribution in [0.4, 0.5) is 0 Å². The van der Waals surface area contributed by atoms with Crippen molar-refractivity contribution < 1.29 is 9.53 Å². The zero-order valence-corrected chi connectivity index (χ0v) is 14.4. The average molecular weight is 339 g/mol. The van der Waals surface area contributed by atoms with Crippen molar-refractivity contribution in [3.05, 3.63) is 66.0 Å². The Labute approximate surface area is 149 Å². The van der Waals surface area contributed by atoms with Crippen LogP contribution in [0.5, 0.6) is 0 Å². The first-order chi connectivity index (χ1) is 12.3. The number of carbonyl (C=O) groups excluding carboxylic acids is 1. The SMILES string of the molecule is O=C(NCCN1CCOCC1)C(Cc1ccncc1)c1ccccc1. The third-order valence-electron chi connectivity index (χ3n) is 4.54. The van der Waals surface area contributed by atoms with Gasteiger partial charge < -0.3 is 10.1 Å². The van der Waals surface area contributed by atoms with Crippen molar-refractivity contribution in [3.8, 4) is 0 Å². The second-order valence-corrected chi connectivity index (χ2v) is 6.27. The maximum Gasteiger partial charge on any atom is 0.227 e. The molecular weight excluding hydrogens is 314 g/mol. The molecule has 1 aliphatic heterocycles. The van der Waals surface area contributed by atoms with Gasteiger partial charge in [-0.1, -0.05) is 30.3 Å². The van der Waals surface area contributed by atoms with Gasteiger partial charge in [0.15, 0.2) is 0 Å². The topological polar surface area (TPSA) is 54.5 Å². The molecule has 1 N–H and O–H groups in total. The molecule has 3 rings (SSSR count). The van der Waals surface area contributed by atoms with Crippen LogP contribution in [0.3, 0.4) is 0 Å². The van der Waals surface area contributed by atoms with Crippen LogP contribution in [-0.4, -0.2) is 55.2 Å². The summed E-state index contributed by atoms with van der Waals surface area (Å²) in [6.07, 6.45) is 4.22. The van der Waals surface area contributed by atoms with Gasteiger partial charge in [-0.2, -0.15) is 0 Å². The molecule has 1 aliphatic rings. The van der Waals surface area contributed by atoms with Gasteiger partial charge in [0.1, 0.15) is 0 Å². The molecule has 2 aromatic rings. The van der Waals surface area contributed by atoms with Gasteiger partial charge in [0.05, 0.1) is 19.1 Å². The fraction of sp³-hybridized carbons (Fsp3) is 0.400. The van der Waals surface area contributed by atoms with E-state index in [0.29, 0.717) is 13.0 Å². The molecule has 25 heavy (non-hydrogen) atoms. The summed E-state index contributed by atoms with van der Waals surface area (Å²) in [5, 5.41) is 3.11. The van der Waals surface area contributed by atoms with Gasteiger partial charge in [-0.25, -0.2) is 0 Å². The summed E-state index contributed by atoms with van der Waals surface area (Å²) in [5.41, 5.74) is 2.16. The number of rotatable bonds is 7. The summed E-state index contributed by atoms with van der Waals surface area (Å²) in [6, 6.07) is 13.9. The Kier molecular flexibility index (Phi) is 6.54. The number of nitrogens with zero attached hydrogens (tertiary/aromatic N) is 2. The minimum atomic E-state index is -0.187. The molecule has 5 nitrogen and oxygen atoms in total. The van der Waals surface area contributed by atoms with Crippen molar-refractivity contribution in [2.45, 2.75) is 12.3 Å². The quantitative estimate of drug-likeness (QED) is 0.837. The van der Waals surface area contributed by atoms with E-state index in [2.05, 4.69) is 15.2 Å². The summed E-state index contributed by atoms with van der Waals surface area (Å²) in [7, 11) is 0. The molecule has 1 atom stereocenters. The van der Waals surface area contributed by atoms with E-state index in [-0.39, 0.29) is 11.8 Å². The number of carbonyl (C=O) groups is 1. The van der Waals surface area contributed by atoms with E-state index in [9.17, 15) is 4.79 Å². The minimum Gasteiger partial charge on any atom is -0.379 e. The van der Waals surface area contributed by atoms with Gasteiger partial charge >= 0.3 is 0 Å². The lowest BCUT2D eigenvalue weighted by Crippen LogP contribution is -2.42. The molecule has 0 aliphatic carbocycles. The van der Waals surface area contributed by atoms with Crippen molar-refractivity contribution in [2.24, 2.45) is 0 Å². The molecule has 1 saturated heterocycles. The number of benzene rings is 1. The van der Waals surface area contributed by atoms with Crippen LogP contribution < -0.4 is 5.32 Å². The van der Waals surface area contributed by atoms with Crippen LogP contribution in [0.2, 0.25) is 0 Å². The molecule has 0 spiro atoms. The molecule has 2 heterocycles. The fourth-order valence-electron chi connectivity index (χ4n) is 3.09. The van der Waals surface area contributed by atoms with Gasteiger partial charge in [-0.05, 0) is 29.7 Å². The number of ether oxygens (including phenoxy) is 1. The molecule has 1 fully saturated rings. The largest absolute Gasteiger partial charge is 0.379 e. The number of aromatic nitrogens is 1. The highest BCUT2D eigenvalue weighted by molar-refractivity contribution is 5.84. The van der Waals surface area contributed by atoms with Crippen molar-refractivity contribution in [1.29, 1.82) is 0 Å². The Morgan fingerprint density at radius 1 is 1.12 bits per heavy atom.